The van der Waals surface area contributed by atoms with E-state index in [0.29, 0.717) is 68.2 Å². The monoisotopic (exact) mass is 948 g/mol. The molecule has 6 rings (SSSR count). The fourth-order valence-electron chi connectivity index (χ4n) is 7.98. The van der Waals surface area contributed by atoms with Crippen LogP contribution in [0, 0.1) is 5.82 Å². The van der Waals surface area contributed by atoms with Gasteiger partial charge in [-0.1, -0.05) is 90.4 Å². The summed E-state index contributed by atoms with van der Waals surface area (Å²) in [6.07, 6.45) is 2.95. The highest BCUT2D eigenvalue weighted by molar-refractivity contribution is 8.77. The minimum atomic E-state index is -0.915. The third kappa shape index (κ3) is 15.9. The molecule has 1 N–H and O–H groups in total. The molecule has 66 heavy (non-hydrogen) atoms. The smallest absolute Gasteiger partial charge is 0.463 e. The predicted molar refractivity (Wildman–Crippen MR) is 254 cm³/mol. The van der Waals surface area contributed by atoms with Gasteiger partial charge in [-0.05, 0) is 72.7 Å². The van der Waals surface area contributed by atoms with Crippen LogP contribution in [0.4, 0.5) is 14.9 Å². The van der Waals surface area contributed by atoms with E-state index < -0.39 is 24.3 Å². The van der Waals surface area contributed by atoms with Gasteiger partial charge >= 0.3 is 18.1 Å². The normalized spacial score (nSPS) is 17.1. The van der Waals surface area contributed by atoms with Crippen molar-refractivity contribution in [2.45, 2.75) is 95.1 Å². The second-order valence-corrected chi connectivity index (χ2v) is 19.1. The van der Waals surface area contributed by atoms with E-state index >= 15 is 0 Å². The molecular weight excluding hydrogens is 888 g/mol. The van der Waals surface area contributed by atoms with E-state index in [1.54, 1.807) is 12.1 Å². The Morgan fingerprint density at radius 3 is 2.11 bits per heavy atom. The Kier molecular flexibility index (Phi) is 20.7. The summed E-state index contributed by atoms with van der Waals surface area (Å²) in [7, 11) is 3.90. The number of nitrogens with one attached hydrogen (secondary N) is 1. The molecule has 0 aliphatic carbocycles. The molecule has 2 fully saturated rings. The number of hydrogen-bond acceptors (Lipinski definition) is 13. The summed E-state index contributed by atoms with van der Waals surface area (Å²) in [4.78, 5) is 51.8. The molecule has 3 heterocycles. The molecule has 356 valence electrons. The van der Waals surface area contributed by atoms with Gasteiger partial charge in [0.2, 0.25) is 0 Å². The van der Waals surface area contributed by atoms with Gasteiger partial charge in [-0.3, -0.25) is 14.4 Å². The summed E-state index contributed by atoms with van der Waals surface area (Å²) in [5, 5.41) is 3.81. The number of amides is 1. The Balaban J connectivity index is 0.942. The lowest BCUT2D eigenvalue weighted by molar-refractivity contribution is -0.161. The van der Waals surface area contributed by atoms with Crippen molar-refractivity contribution in [2.75, 3.05) is 63.9 Å². The molecule has 16 heteroatoms. The lowest BCUT2D eigenvalue weighted by atomic mass is 9.94. The molecule has 3 atom stereocenters. The maximum Gasteiger partial charge on any atom is 0.508 e. The number of aromatic nitrogens is 1. The molecule has 1 aromatic heterocycles. The second kappa shape index (κ2) is 27.1. The molecule has 13 nitrogen and oxygen atoms in total. The molecule has 2 aliphatic rings. The first-order valence-corrected chi connectivity index (χ1v) is 25.2. The van der Waals surface area contributed by atoms with E-state index in [1.165, 1.54) is 24.3 Å². The number of nitrogens with zero attached hydrogens (tertiary/aromatic N) is 1. The number of hydrogen-bond donors (Lipinski definition) is 1. The van der Waals surface area contributed by atoms with Crippen molar-refractivity contribution in [3.8, 4) is 22.4 Å². The van der Waals surface area contributed by atoms with Crippen molar-refractivity contribution in [2.24, 2.45) is 0 Å². The van der Waals surface area contributed by atoms with E-state index in [2.05, 4.69) is 9.88 Å². The van der Waals surface area contributed by atoms with Crippen LogP contribution in [-0.4, -0.2) is 105 Å². The fraction of sp³-hybridized carbons (Fsp3) is 0.480. The SMILES string of the molecule is CC(C)c1c(C(=O)Nc2ccccc2)c(-c2ccccc2)c(-c2ccc(F)cc2)n1CCC1CC(OC(=O)OCCOCCOCCOCCOC(=O)CCCCC2CCSS2)CC(=O)O1. The summed E-state index contributed by atoms with van der Waals surface area (Å²) < 4.78 is 54.7. The third-order valence-electron chi connectivity index (χ3n) is 11.0. The molecule has 2 saturated heterocycles. The first-order chi connectivity index (χ1) is 32.2. The zero-order chi connectivity index (χ0) is 46.5. The highest BCUT2D eigenvalue weighted by atomic mass is 33.1. The van der Waals surface area contributed by atoms with E-state index in [1.807, 2.05) is 96.1 Å². The third-order valence-corrected chi connectivity index (χ3v) is 14.0. The van der Waals surface area contributed by atoms with Crippen molar-refractivity contribution in [1.82, 2.24) is 4.57 Å². The van der Waals surface area contributed by atoms with Crippen LogP contribution in [0.3, 0.4) is 0 Å². The number of ether oxygens (including phenoxy) is 7. The molecule has 0 saturated carbocycles. The van der Waals surface area contributed by atoms with Gasteiger partial charge in [0.1, 0.15) is 31.2 Å². The number of halogens is 1. The quantitative estimate of drug-likeness (QED) is 0.0276. The van der Waals surface area contributed by atoms with Gasteiger partial charge in [-0.25, -0.2) is 9.18 Å². The Labute approximate surface area is 394 Å². The fourth-order valence-corrected chi connectivity index (χ4v) is 11.0. The van der Waals surface area contributed by atoms with Crippen LogP contribution in [0.5, 0.6) is 0 Å². The number of para-hydroxylation sites is 1. The number of cyclic esters (lactones) is 1. The minimum Gasteiger partial charge on any atom is -0.463 e. The number of carbonyl (C=O) groups is 4. The largest absolute Gasteiger partial charge is 0.508 e. The van der Waals surface area contributed by atoms with Crippen molar-refractivity contribution in [1.29, 1.82) is 0 Å². The van der Waals surface area contributed by atoms with Crippen LogP contribution in [-0.2, 0) is 49.3 Å². The Morgan fingerprint density at radius 1 is 0.803 bits per heavy atom. The number of benzene rings is 3. The van der Waals surface area contributed by atoms with Crippen molar-refractivity contribution >= 4 is 51.3 Å². The first-order valence-electron chi connectivity index (χ1n) is 22.8. The zero-order valence-corrected chi connectivity index (χ0v) is 39.4. The van der Waals surface area contributed by atoms with Gasteiger partial charge in [0, 0.05) is 53.8 Å². The summed E-state index contributed by atoms with van der Waals surface area (Å²) >= 11 is 0. The first kappa shape index (κ1) is 50.5. The number of rotatable bonds is 26. The Bertz CT molecular complexity index is 2130. The lowest BCUT2D eigenvalue weighted by Crippen LogP contribution is -2.36. The van der Waals surface area contributed by atoms with E-state index in [-0.39, 0.29) is 62.9 Å². The molecule has 3 aromatic carbocycles. The van der Waals surface area contributed by atoms with Gasteiger partial charge in [0.15, 0.2) is 0 Å². The summed E-state index contributed by atoms with van der Waals surface area (Å²) in [6, 6.07) is 25.0. The molecule has 1 amide bonds. The number of anilines is 1. The van der Waals surface area contributed by atoms with Gasteiger partial charge < -0.3 is 43.0 Å². The van der Waals surface area contributed by atoms with Crippen LogP contribution in [0.2, 0.25) is 0 Å². The lowest BCUT2D eigenvalue weighted by Gasteiger charge is -2.29. The summed E-state index contributed by atoms with van der Waals surface area (Å²) in [5.74, 6) is -0.273. The standard InChI is InChI=1S/C50H61FN2O11S2/c1-35(2)47-46(49(56)52-39-13-7-4-8-14-39)45(36-11-5-3-6-12-36)48(37-17-19-38(51)20-18-37)53(47)23-21-40-33-41(34-44(55)63-40)64-50(57)62-31-29-60-27-25-58-24-26-59-28-30-61-43(54)16-10-9-15-42-22-32-65-66-42/h3-8,11-14,17-20,35,40-42H,9-10,15-16,21-34H2,1-2H3,(H,52,56). The predicted octanol–water partition coefficient (Wildman–Crippen LogP) is 10.3. The van der Waals surface area contributed by atoms with Crippen molar-refractivity contribution < 1.29 is 56.7 Å². The molecule has 4 aromatic rings. The number of esters is 2. The van der Waals surface area contributed by atoms with Gasteiger partial charge in [0.25, 0.3) is 5.91 Å². The number of unbranched alkanes of at least 4 members (excludes halogenated alkanes) is 1. The molecule has 2 aliphatic heterocycles. The maximum atomic E-state index is 14.4. The van der Waals surface area contributed by atoms with Crippen LogP contribution >= 0.6 is 21.6 Å². The molecular formula is C50H61FN2O11S2. The Hall–Kier alpha value is -4.87. The van der Waals surface area contributed by atoms with Crippen LogP contribution in [0.15, 0.2) is 84.9 Å². The van der Waals surface area contributed by atoms with E-state index in [0.717, 1.165) is 41.5 Å². The van der Waals surface area contributed by atoms with Gasteiger partial charge in [-0.2, -0.15) is 0 Å². The second-order valence-electron chi connectivity index (χ2n) is 16.3. The van der Waals surface area contributed by atoms with Gasteiger partial charge in [-0.15, -0.1) is 0 Å². The average molecular weight is 949 g/mol. The maximum absolute atomic E-state index is 14.4. The number of carbonyl (C=O) groups excluding carboxylic acids is 4. The van der Waals surface area contributed by atoms with Crippen molar-refractivity contribution in [3.05, 3.63) is 102 Å². The molecule has 0 spiro atoms. The highest BCUT2D eigenvalue weighted by Gasteiger charge is 2.34. The highest BCUT2D eigenvalue weighted by Crippen LogP contribution is 2.43. The van der Waals surface area contributed by atoms with Crippen LogP contribution in [0.1, 0.15) is 87.2 Å². The summed E-state index contributed by atoms with van der Waals surface area (Å²) in [5.41, 5.74) is 4.85. The van der Waals surface area contributed by atoms with E-state index in [9.17, 15) is 23.6 Å². The minimum absolute atomic E-state index is 0.0539. The summed E-state index contributed by atoms with van der Waals surface area (Å²) in [6.45, 7) is 6.25. The Morgan fingerprint density at radius 2 is 1.45 bits per heavy atom. The molecule has 0 bridgehead atoms. The van der Waals surface area contributed by atoms with Crippen LogP contribution in [0.25, 0.3) is 22.4 Å². The topological polar surface area (TPSA) is 150 Å². The average Bonchev–Trinajstić information content (AvgIpc) is 3.96. The zero-order valence-electron chi connectivity index (χ0n) is 37.8. The molecule has 3 unspecified atom stereocenters. The van der Waals surface area contributed by atoms with E-state index in [4.69, 9.17) is 33.2 Å². The molecule has 0 radical (unpaired) electrons. The van der Waals surface area contributed by atoms with Gasteiger partial charge in [0.05, 0.1) is 57.3 Å². The van der Waals surface area contributed by atoms with Crippen molar-refractivity contribution in [3.63, 3.8) is 0 Å². The van der Waals surface area contributed by atoms with Crippen LogP contribution < -0.4 is 5.32 Å².